The minimum atomic E-state index is 0.543. The minimum absolute atomic E-state index is 0.543. The van der Waals surface area contributed by atoms with Crippen molar-refractivity contribution >= 4 is 0 Å². The van der Waals surface area contributed by atoms with Gasteiger partial charge in [0.1, 0.15) is 0 Å². The van der Waals surface area contributed by atoms with E-state index in [2.05, 4.69) is 17.1 Å². The van der Waals surface area contributed by atoms with Gasteiger partial charge in [0.05, 0.1) is 6.10 Å². The van der Waals surface area contributed by atoms with Crippen LogP contribution in [-0.2, 0) is 4.74 Å². The van der Waals surface area contributed by atoms with E-state index in [1.165, 1.54) is 51.7 Å². The van der Waals surface area contributed by atoms with E-state index < -0.39 is 0 Å². The quantitative estimate of drug-likeness (QED) is 0.771. The number of ether oxygens (including phenoxy) is 1. The van der Waals surface area contributed by atoms with Crippen molar-refractivity contribution in [2.24, 2.45) is 0 Å². The number of piperidine rings is 1. The SMILES string of the molecule is CCCNC1CCN(C2CC(OC)C2)CC1. The van der Waals surface area contributed by atoms with Gasteiger partial charge in [0.2, 0.25) is 0 Å². The zero-order chi connectivity index (χ0) is 11.4. The summed E-state index contributed by atoms with van der Waals surface area (Å²) in [6.07, 6.45) is 6.95. The molecule has 1 saturated carbocycles. The first-order valence-corrected chi connectivity index (χ1v) is 6.83. The molecule has 0 bridgehead atoms. The number of rotatable bonds is 5. The van der Waals surface area contributed by atoms with Crippen molar-refractivity contribution < 1.29 is 4.74 Å². The molecule has 1 N–H and O–H groups in total. The first-order chi connectivity index (χ1) is 7.83. The molecule has 0 aromatic rings. The summed E-state index contributed by atoms with van der Waals surface area (Å²) in [6.45, 7) is 5.98. The van der Waals surface area contributed by atoms with E-state index in [9.17, 15) is 0 Å². The van der Waals surface area contributed by atoms with E-state index in [1.54, 1.807) is 0 Å². The molecule has 1 heterocycles. The summed E-state index contributed by atoms with van der Waals surface area (Å²) in [5.41, 5.74) is 0. The highest BCUT2D eigenvalue weighted by atomic mass is 16.5. The lowest BCUT2D eigenvalue weighted by molar-refractivity contribution is -0.0343. The molecule has 2 aliphatic rings. The second-order valence-corrected chi connectivity index (χ2v) is 5.25. The van der Waals surface area contributed by atoms with Crippen molar-refractivity contribution in [1.29, 1.82) is 0 Å². The lowest BCUT2D eigenvalue weighted by Gasteiger charge is -2.45. The maximum absolute atomic E-state index is 5.34. The van der Waals surface area contributed by atoms with Crippen molar-refractivity contribution in [2.75, 3.05) is 26.7 Å². The second kappa shape index (κ2) is 5.99. The summed E-state index contributed by atoms with van der Waals surface area (Å²) < 4.78 is 5.34. The zero-order valence-electron chi connectivity index (χ0n) is 10.7. The van der Waals surface area contributed by atoms with E-state index in [0.29, 0.717) is 6.10 Å². The predicted molar refractivity (Wildman–Crippen MR) is 66.7 cm³/mol. The maximum atomic E-state index is 5.34. The Kier molecular flexibility index (Phi) is 4.62. The topological polar surface area (TPSA) is 24.5 Å². The predicted octanol–water partition coefficient (Wildman–Crippen LogP) is 1.63. The Hall–Kier alpha value is -0.120. The van der Waals surface area contributed by atoms with Gasteiger partial charge in [-0.2, -0.15) is 0 Å². The smallest absolute Gasteiger partial charge is 0.0601 e. The van der Waals surface area contributed by atoms with Crippen LogP contribution in [0.4, 0.5) is 0 Å². The Balaban J connectivity index is 1.62. The van der Waals surface area contributed by atoms with Gasteiger partial charge in [-0.05, 0) is 51.7 Å². The van der Waals surface area contributed by atoms with Crippen LogP contribution in [-0.4, -0.2) is 49.8 Å². The molecule has 1 aliphatic heterocycles. The molecule has 0 radical (unpaired) electrons. The molecular formula is C13H26N2O. The molecule has 3 nitrogen and oxygen atoms in total. The lowest BCUT2D eigenvalue weighted by Crippen LogP contribution is -2.52. The van der Waals surface area contributed by atoms with Crippen molar-refractivity contribution in [3.8, 4) is 0 Å². The van der Waals surface area contributed by atoms with Gasteiger partial charge in [0.15, 0.2) is 0 Å². The standard InChI is InChI=1S/C13H26N2O/c1-3-6-14-11-4-7-15(8-5-11)12-9-13(10-12)16-2/h11-14H,3-10H2,1-2H3. The Morgan fingerprint density at radius 3 is 2.50 bits per heavy atom. The fraction of sp³-hybridized carbons (Fsp3) is 1.00. The van der Waals surface area contributed by atoms with Crippen LogP contribution in [0.25, 0.3) is 0 Å². The van der Waals surface area contributed by atoms with Crippen molar-refractivity contribution in [3.05, 3.63) is 0 Å². The molecule has 16 heavy (non-hydrogen) atoms. The Bertz CT molecular complexity index is 196. The lowest BCUT2D eigenvalue weighted by atomic mass is 9.86. The Morgan fingerprint density at radius 2 is 1.94 bits per heavy atom. The van der Waals surface area contributed by atoms with E-state index in [4.69, 9.17) is 4.74 Å². The maximum Gasteiger partial charge on any atom is 0.0601 e. The fourth-order valence-corrected chi connectivity index (χ4v) is 2.85. The van der Waals surface area contributed by atoms with Crippen LogP contribution in [0, 0.1) is 0 Å². The van der Waals surface area contributed by atoms with Gasteiger partial charge in [-0.3, -0.25) is 0 Å². The normalized spacial score (nSPS) is 32.6. The van der Waals surface area contributed by atoms with E-state index in [0.717, 1.165) is 12.1 Å². The number of nitrogens with one attached hydrogen (secondary N) is 1. The van der Waals surface area contributed by atoms with Crippen LogP contribution in [0.15, 0.2) is 0 Å². The third-order valence-electron chi connectivity index (χ3n) is 4.13. The summed E-state index contributed by atoms with van der Waals surface area (Å²) in [6, 6.07) is 1.59. The van der Waals surface area contributed by atoms with Gasteiger partial charge >= 0.3 is 0 Å². The van der Waals surface area contributed by atoms with E-state index in [-0.39, 0.29) is 0 Å². The van der Waals surface area contributed by atoms with Gasteiger partial charge in [-0.1, -0.05) is 6.92 Å². The van der Waals surface area contributed by atoms with Crippen LogP contribution in [0.2, 0.25) is 0 Å². The molecule has 1 saturated heterocycles. The third kappa shape index (κ3) is 2.96. The minimum Gasteiger partial charge on any atom is -0.381 e. The molecule has 0 unspecified atom stereocenters. The van der Waals surface area contributed by atoms with Gasteiger partial charge in [0, 0.05) is 19.2 Å². The Labute approximate surface area is 99.5 Å². The number of likely N-dealkylation sites (tertiary alicyclic amines) is 1. The monoisotopic (exact) mass is 226 g/mol. The first-order valence-electron chi connectivity index (χ1n) is 6.83. The molecular weight excluding hydrogens is 200 g/mol. The van der Waals surface area contributed by atoms with Gasteiger partial charge in [0.25, 0.3) is 0 Å². The summed E-state index contributed by atoms with van der Waals surface area (Å²) >= 11 is 0. The average molecular weight is 226 g/mol. The van der Waals surface area contributed by atoms with Crippen LogP contribution in [0.1, 0.15) is 39.0 Å². The highest BCUT2D eigenvalue weighted by Gasteiger charge is 2.35. The number of methoxy groups -OCH3 is 1. The zero-order valence-corrected chi connectivity index (χ0v) is 10.7. The van der Waals surface area contributed by atoms with Gasteiger partial charge < -0.3 is 15.0 Å². The number of hydrogen-bond acceptors (Lipinski definition) is 3. The summed E-state index contributed by atoms with van der Waals surface area (Å²) in [5, 5.41) is 3.64. The largest absolute Gasteiger partial charge is 0.381 e. The first kappa shape index (κ1) is 12.3. The highest BCUT2D eigenvalue weighted by Crippen LogP contribution is 2.29. The molecule has 0 aromatic heterocycles. The third-order valence-corrected chi connectivity index (χ3v) is 4.13. The number of nitrogens with zero attached hydrogens (tertiary/aromatic N) is 1. The van der Waals surface area contributed by atoms with Crippen molar-refractivity contribution in [2.45, 2.75) is 57.2 Å². The summed E-state index contributed by atoms with van der Waals surface area (Å²) in [7, 11) is 1.84. The van der Waals surface area contributed by atoms with Gasteiger partial charge in [-0.15, -0.1) is 0 Å². The molecule has 0 aromatic carbocycles. The molecule has 2 rings (SSSR count). The molecule has 3 heteroatoms. The second-order valence-electron chi connectivity index (χ2n) is 5.25. The van der Waals surface area contributed by atoms with Crippen LogP contribution < -0.4 is 5.32 Å². The van der Waals surface area contributed by atoms with Crippen LogP contribution in [0.5, 0.6) is 0 Å². The average Bonchev–Trinajstić information content (AvgIpc) is 2.27. The van der Waals surface area contributed by atoms with Crippen LogP contribution in [0.3, 0.4) is 0 Å². The number of hydrogen-bond donors (Lipinski definition) is 1. The molecule has 0 spiro atoms. The van der Waals surface area contributed by atoms with E-state index in [1.807, 2.05) is 7.11 Å². The van der Waals surface area contributed by atoms with E-state index >= 15 is 0 Å². The molecule has 2 fully saturated rings. The highest BCUT2D eigenvalue weighted by molar-refractivity contribution is 4.90. The molecule has 94 valence electrons. The van der Waals surface area contributed by atoms with Crippen LogP contribution >= 0.6 is 0 Å². The Morgan fingerprint density at radius 1 is 1.25 bits per heavy atom. The summed E-state index contributed by atoms with van der Waals surface area (Å²) in [4.78, 5) is 2.67. The van der Waals surface area contributed by atoms with Crippen molar-refractivity contribution in [1.82, 2.24) is 10.2 Å². The van der Waals surface area contributed by atoms with Gasteiger partial charge in [-0.25, -0.2) is 0 Å². The molecule has 0 amide bonds. The molecule has 0 atom stereocenters. The molecule has 1 aliphatic carbocycles. The fourth-order valence-electron chi connectivity index (χ4n) is 2.85. The summed E-state index contributed by atoms with van der Waals surface area (Å²) in [5.74, 6) is 0. The van der Waals surface area contributed by atoms with Crippen molar-refractivity contribution in [3.63, 3.8) is 0 Å².